The fourth-order valence-corrected chi connectivity index (χ4v) is 7.49. The topological polar surface area (TPSA) is 359 Å². The van der Waals surface area contributed by atoms with E-state index in [2.05, 4.69) is 31.9 Å². The van der Waals surface area contributed by atoms with Crippen LogP contribution >= 0.6 is 0 Å². The highest BCUT2D eigenvalue weighted by Gasteiger charge is 2.28. The third kappa shape index (κ3) is 16.3. The highest BCUT2D eigenvalue weighted by atomic mass is 16.5. The second kappa shape index (κ2) is 28.6. The zero-order valence-electron chi connectivity index (χ0n) is 41.0. The summed E-state index contributed by atoms with van der Waals surface area (Å²) in [5.41, 5.74) is 29.7. The molecule has 4 aromatic rings. The molecule has 0 aromatic heterocycles. The number of hydrogen-bond acceptors (Lipinski definition) is 15. The predicted molar refractivity (Wildman–Crippen MR) is 273 cm³/mol. The summed E-state index contributed by atoms with van der Waals surface area (Å²) in [6.45, 7) is 1.06. The zero-order chi connectivity index (χ0) is 52.7. The van der Waals surface area contributed by atoms with Crippen molar-refractivity contribution in [3.05, 3.63) is 95.1 Å². The molecule has 3 atom stereocenters. The average Bonchev–Trinajstić information content (AvgIpc) is 3.37. The summed E-state index contributed by atoms with van der Waals surface area (Å²) in [6, 6.07) is 14.4. The summed E-state index contributed by atoms with van der Waals surface area (Å²) in [5.74, 6) is -3.85. The molecule has 72 heavy (non-hydrogen) atoms. The number of nitrogens with one attached hydrogen (secondary N) is 6. The van der Waals surface area contributed by atoms with Gasteiger partial charge in [0.05, 0.1) is 50.7 Å². The number of benzene rings is 4. The number of carbonyl (C=O) groups excluding carboxylic acids is 7. The lowest BCUT2D eigenvalue weighted by atomic mass is 10.1. The number of hydrogen-bond donors (Lipinski definition) is 11. The minimum Gasteiger partial charge on any atom is -0.496 e. The van der Waals surface area contributed by atoms with E-state index in [4.69, 9.17) is 47.6 Å². The summed E-state index contributed by atoms with van der Waals surface area (Å²) in [4.78, 5) is 95.0. The van der Waals surface area contributed by atoms with Gasteiger partial charge in [-0.15, -0.1) is 0 Å². The van der Waals surface area contributed by atoms with Crippen LogP contribution in [0.3, 0.4) is 0 Å². The number of nitrogens with two attached hydrogens (primary N) is 5. The molecule has 0 fully saturated rings. The minimum atomic E-state index is -1.14. The van der Waals surface area contributed by atoms with Crippen molar-refractivity contribution in [2.24, 2.45) is 22.9 Å². The second-order valence-corrected chi connectivity index (χ2v) is 16.5. The number of unbranched alkanes of at least 4 members (excludes halogenated alkanes) is 3. The van der Waals surface area contributed by atoms with E-state index < -0.39 is 59.5 Å². The third-order valence-corrected chi connectivity index (χ3v) is 11.3. The van der Waals surface area contributed by atoms with Gasteiger partial charge in [-0.3, -0.25) is 33.6 Å². The Morgan fingerprint density at radius 1 is 0.431 bits per heavy atom. The Morgan fingerprint density at radius 3 is 1.03 bits per heavy atom. The van der Waals surface area contributed by atoms with Crippen molar-refractivity contribution in [2.75, 3.05) is 69.8 Å². The number of carbonyl (C=O) groups is 7. The molecule has 0 aliphatic heterocycles. The van der Waals surface area contributed by atoms with Gasteiger partial charge in [-0.2, -0.15) is 0 Å². The normalized spacial score (nSPS) is 12.0. The SMILES string of the molecule is COc1ccc(NC(=O)[C@H](CCCCN)NC(=O)c2cc(NC(=O)[C@H](CCCCN)NC(=O)c3cc(NC(=O)[C@H](CCCCN)NC(=O)c4cc(N)ccc4OC)ccc3OC)ccc2OC)cc1C(N)=O. The highest BCUT2D eigenvalue weighted by molar-refractivity contribution is 6.07. The quantitative estimate of drug-likeness (QED) is 0.0275. The molecule has 0 radical (unpaired) electrons. The van der Waals surface area contributed by atoms with Crippen LogP contribution in [0.15, 0.2) is 72.8 Å². The van der Waals surface area contributed by atoms with Crippen LogP contribution in [0, 0.1) is 0 Å². The first-order valence-electron chi connectivity index (χ1n) is 23.3. The smallest absolute Gasteiger partial charge is 0.255 e. The molecular weight excluding hydrogens is 931 g/mol. The van der Waals surface area contributed by atoms with Crippen molar-refractivity contribution in [3.63, 3.8) is 0 Å². The highest BCUT2D eigenvalue weighted by Crippen LogP contribution is 2.27. The van der Waals surface area contributed by atoms with Gasteiger partial charge in [0, 0.05) is 22.7 Å². The monoisotopic (exact) mass is 998 g/mol. The molecule has 16 N–H and O–H groups in total. The van der Waals surface area contributed by atoms with Gasteiger partial charge >= 0.3 is 0 Å². The van der Waals surface area contributed by atoms with Crippen molar-refractivity contribution in [1.82, 2.24) is 16.0 Å². The minimum absolute atomic E-state index is 0.0195. The van der Waals surface area contributed by atoms with Crippen molar-refractivity contribution >= 4 is 64.1 Å². The summed E-state index contributed by atoms with van der Waals surface area (Å²) >= 11 is 0. The molecule has 0 heterocycles. The first-order valence-corrected chi connectivity index (χ1v) is 23.3. The van der Waals surface area contributed by atoms with Crippen molar-refractivity contribution in [1.29, 1.82) is 0 Å². The summed E-state index contributed by atoms with van der Waals surface area (Å²) < 4.78 is 21.5. The number of anilines is 4. The number of rotatable bonds is 29. The van der Waals surface area contributed by atoms with Gasteiger partial charge in [-0.25, -0.2) is 0 Å². The molecular formula is C50H67N11O11. The Balaban J connectivity index is 1.55. The predicted octanol–water partition coefficient (Wildman–Crippen LogP) is 3.00. The van der Waals surface area contributed by atoms with Crippen LogP contribution in [0.2, 0.25) is 0 Å². The number of ether oxygens (including phenoxy) is 4. The molecule has 4 rings (SSSR count). The summed E-state index contributed by atoms with van der Waals surface area (Å²) in [5, 5.41) is 16.6. The molecule has 0 bridgehead atoms. The molecule has 0 aliphatic carbocycles. The molecule has 0 aliphatic rings. The van der Waals surface area contributed by atoms with E-state index in [1.54, 1.807) is 12.1 Å². The van der Waals surface area contributed by atoms with Crippen molar-refractivity contribution in [2.45, 2.75) is 75.9 Å². The molecule has 0 saturated carbocycles. The number of amides is 7. The molecule has 4 aromatic carbocycles. The van der Waals surface area contributed by atoms with Gasteiger partial charge in [-0.1, -0.05) is 0 Å². The number of primary amides is 1. The van der Waals surface area contributed by atoms with Gasteiger partial charge in [0.15, 0.2) is 0 Å². The van der Waals surface area contributed by atoms with Gasteiger partial charge in [0.25, 0.3) is 23.6 Å². The fraction of sp³-hybridized carbons (Fsp3) is 0.380. The molecule has 0 saturated heterocycles. The number of nitrogen functional groups attached to an aromatic ring is 1. The van der Waals surface area contributed by atoms with E-state index in [0.29, 0.717) is 63.8 Å². The van der Waals surface area contributed by atoms with Crippen LogP contribution in [0.25, 0.3) is 0 Å². The van der Waals surface area contributed by atoms with Gasteiger partial charge < -0.3 is 79.5 Å². The molecule has 0 spiro atoms. The van der Waals surface area contributed by atoms with Crippen LogP contribution in [-0.2, 0) is 14.4 Å². The van der Waals surface area contributed by atoms with Crippen LogP contribution in [0.4, 0.5) is 22.7 Å². The largest absolute Gasteiger partial charge is 0.496 e. The lowest BCUT2D eigenvalue weighted by Crippen LogP contribution is -2.44. The molecule has 0 unspecified atom stereocenters. The molecule has 22 nitrogen and oxygen atoms in total. The Morgan fingerprint density at radius 2 is 0.722 bits per heavy atom. The maximum absolute atomic E-state index is 14.1. The van der Waals surface area contributed by atoms with Gasteiger partial charge in [-0.05, 0) is 150 Å². The lowest BCUT2D eigenvalue weighted by Gasteiger charge is -2.22. The van der Waals surface area contributed by atoms with Gasteiger partial charge in [0.1, 0.15) is 41.1 Å². The van der Waals surface area contributed by atoms with E-state index in [-0.39, 0.29) is 81.6 Å². The van der Waals surface area contributed by atoms with Crippen LogP contribution in [-0.4, -0.2) is 108 Å². The average molecular weight is 998 g/mol. The molecule has 22 heteroatoms. The first-order chi connectivity index (χ1) is 34.6. The Labute approximate surface area is 418 Å². The van der Waals surface area contributed by atoms with E-state index >= 15 is 0 Å². The second-order valence-electron chi connectivity index (χ2n) is 16.5. The summed E-state index contributed by atoms with van der Waals surface area (Å²) in [7, 11) is 5.50. The van der Waals surface area contributed by atoms with E-state index in [1.165, 1.54) is 89.1 Å². The summed E-state index contributed by atoms with van der Waals surface area (Å²) in [6.07, 6.45) is 3.74. The lowest BCUT2D eigenvalue weighted by molar-refractivity contribution is -0.118. The first kappa shape index (κ1) is 56.6. The Hall–Kier alpha value is -7.95. The van der Waals surface area contributed by atoms with Crippen LogP contribution in [0.5, 0.6) is 23.0 Å². The molecule has 388 valence electrons. The van der Waals surface area contributed by atoms with Crippen LogP contribution in [0.1, 0.15) is 99.2 Å². The fourth-order valence-electron chi connectivity index (χ4n) is 7.49. The Kier molecular flexibility index (Phi) is 22.5. The van der Waals surface area contributed by atoms with Crippen LogP contribution < -0.4 is 79.5 Å². The van der Waals surface area contributed by atoms with E-state index in [0.717, 1.165) is 0 Å². The van der Waals surface area contributed by atoms with Gasteiger partial charge in [0.2, 0.25) is 17.7 Å². The van der Waals surface area contributed by atoms with E-state index in [9.17, 15) is 33.6 Å². The van der Waals surface area contributed by atoms with E-state index in [1.807, 2.05) is 0 Å². The molecule has 7 amide bonds. The zero-order valence-corrected chi connectivity index (χ0v) is 41.0. The standard InChI is InChI=1S/C50H67N11O11/c1-69-40-19-15-30(26-33(40)44(55)62)56-48(66)38(12-6-9-23-52)60-46(64)35-28-32(17-21-42(35)71-3)58-50(68)39(13-7-10-24-53)61-47(65)36-27-31(16-20-43(36)72-4)57-49(67)37(11-5-8-22-51)59-45(63)34-25-29(54)14-18-41(34)70-2/h14-21,25-28,37-39H,5-13,22-24,51-54H2,1-4H3,(H2,55,62)(H,56,66)(H,57,67)(H,58,68)(H,59,63)(H,60,64)(H,61,65)/t37-,38-,39-/m0/s1. The number of methoxy groups -OCH3 is 4. The maximum Gasteiger partial charge on any atom is 0.255 e. The third-order valence-electron chi connectivity index (χ3n) is 11.3. The maximum atomic E-state index is 14.1. The van der Waals surface area contributed by atoms with Crippen molar-refractivity contribution < 1.29 is 52.5 Å². The van der Waals surface area contributed by atoms with Crippen molar-refractivity contribution in [3.8, 4) is 23.0 Å². The Bertz CT molecular complexity index is 2540.